The number of piperazine rings is 1. The maximum Gasteiger partial charge on any atom is 0.241 e. The Bertz CT molecular complexity index is 208. The van der Waals surface area contributed by atoms with Crippen LogP contribution < -0.4 is 5.73 Å². The predicted molar refractivity (Wildman–Crippen MR) is 56.9 cm³/mol. The highest BCUT2D eigenvalue weighted by Gasteiger charge is 2.34. The van der Waals surface area contributed by atoms with Gasteiger partial charge in [0.25, 0.3) is 0 Å². The van der Waals surface area contributed by atoms with Crippen molar-refractivity contribution in [2.45, 2.75) is 32.4 Å². The molecule has 0 aromatic heterocycles. The Morgan fingerprint density at radius 3 is 2.71 bits per heavy atom. The van der Waals surface area contributed by atoms with E-state index in [0.29, 0.717) is 12.6 Å². The molecule has 1 aliphatic heterocycles. The molecule has 0 spiro atoms. The number of likely N-dealkylation sites (N-methyl/N-ethyl adjacent to an activating group) is 1. The molecule has 14 heavy (non-hydrogen) atoms. The number of carbonyl (C=O) groups is 1. The van der Waals surface area contributed by atoms with E-state index in [1.165, 1.54) is 0 Å². The van der Waals surface area contributed by atoms with Crippen molar-refractivity contribution in [1.29, 1.82) is 0 Å². The van der Waals surface area contributed by atoms with Gasteiger partial charge in [-0.2, -0.15) is 0 Å². The van der Waals surface area contributed by atoms with Crippen LogP contribution in [0, 0.1) is 0 Å². The Morgan fingerprint density at radius 2 is 2.21 bits per heavy atom. The van der Waals surface area contributed by atoms with Crippen LogP contribution in [0.3, 0.4) is 0 Å². The van der Waals surface area contributed by atoms with Crippen LogP contribution in [0.1, 0.15) is 20.3 Å². The van der Waals surface area contributed by atoms with E-state index in [1.807, 2.05) is 11.9 Å². The topological polar surface area (TPSA) is 49.6 Å². The molecule has 1 amide bonds. The van der Waals surface area contributed by atoms with Gasteiger partial charge >= 0.3 is 0 Å². The number of carbonyl (C=O) groups excluding carboxylic acids is 1. The van der Waals surface area contributed by atoms with Crippen LogP contribution in [0.2, 0.25) is 0 Å². The maximum atomic E-state index is 12.0. The third-order valence-corrected chi connectivity index (χ3v) is 2.87. The third kappa shape index (κ3) is 2.07. The second kappa shape index (κ2) is 4.75. The van der Waals surface area contributed by atoms with E-state index >= 15 is 0 Å². The van der Waals surface area contributed by atoms with Gasteiger partial charge in [0.15, 0.2) is 0 Å². The average Bonchev–Trinajstić information content (AvgIpc) is 2.12. The van der Waals surface area contributed by atoms with E-state index in [9.17, 15) is 4.79 Å². The molecular weight excluding hydrogens is 178 g/mol. The molecule has 4 heteroatoms. The number of rotatable bonds is 3. The first-order chi connectivity index (χ1) is 6.61. The van der Waals surface area contributed by atoms with Gasteiger partial charge in [-0.15, -0.1) is 0 Å². The molecule has 2 unspecified atom stereocenters. The fraction of sp³-hybridized carbons (Fsp3) is 0.900. The molecule has 2 N–H and O–H groups in total. The number of amides is 1. The summed E-state index contributed by atoms with van der Waals surface area (Å²) >= 11 is 0. The summed E-state index contributed by atoms with van der Waals surface area (Å²) in [6.45, 7) is 6.38. The van der Waals surface area contributed by atoms with E-state index < -0.39 is 0 Å². The van der Waals surface area contributed by atoms with Gasteiger partial charge in [-0.3, -0.25) is 9.69 Å². The molecule has 1 saturated heterocycles. The second-order valence-electron chi connectivity index (χ2n) is 4.07. The zero-order valence-electron chi connectivity index (χ0n) is 9.36. The minimum absolute atomic E-state index is 0.113. The summed E-state index contributed by atoms with van der Waals surface area (Å²) in [7, 11) is 1.97. The lowest BCUT2D eigenvalue weighted by molar-refractivity contribution is -0.143. The Kier molecular flexibility index (Phi) is 3.89. The van der Waals surface area contributed by atoms with Crippen LogP contribution in [0.4, 0.5) is 0 Å². The van der Waals surface area contributed by atoms with Crippen LogP contribution in [-0.2, 0) is 4.79 Å². The van der Waals surface area contributed by atoms with Gasteiger partial charge in [0.05, 0.1) is 0 Å². The molecule has 1 fully saturated rings. The summed E-state index contributed by atoms with van der Waals surface area (Å²) in [5.74, 6) is 0.190. The maximum absolute atomic E-state index is 12.0. The molecule has 0 saturated carbocycles. The van der Waals surface area contributed by atoms with Gasteiger partial charge in [0.1, 0.15) is 6.04 Å². The molecule has 0 radical (unpaired) electrons. The van der Waals surface area contributed by atoms with Crippen molar-refractivity contribution < 1.29 is 4.79 Å². The average molecular weight is 199 g/mol. The molecule has 1 aliphatic rings. The first kappa shape index (κ1) is 11.5. The number of hydrogen-bond donors (Lipinski definition) is 1. The molecule has 0 bridgehead atoms. The van der Waals surface area contributed by atoms with E-state index in [4.69, 9.17) is 5.73 Å². The number of hydrogen-bond acceptors (Lipinski definition) is 3. The van der Waals surface area contributed by atoms with Gasteiger partial charge in [-0.05, 0) is 20.4 Å². The van der Waals surface area contributed by atoms with Crippen LogP contribution in [0.25, 0.3) is 0 Å². The molecule has 0 aromatic carbocycles. The monoisotopic (exact) mass is 199 g/mol. The minimum atomic E-state index is -0.113. The van der Waals surface area contributed by atoms with Crippen LogP contribution in [0.5, 0.6) is 0 Å². The van der Waals surface area contributed by atoms with Crippen molar-refractivity contribution in [3.05, 3.63) is 0 Å². The van der Waals surface area contributed by atoms with Crippen molar-refractivity contribution in [3.63, 3.8) is 0 Å². The normalized spacial score (nSPS) is 29.7. The summed E-state index contributed by atoms with van der Waals surface area (Å²) in [5.41, 5.74) is 5.60. The second-order valence-corrected chi connectivity index (χ2v) is 4.07. The largest absolute Gasteiger partial charge is 0.337 e. The highest BCUT2D eigenvalue weighted by molar-refractivity contribution is 5.83. The zero-order chi connectivity index (χ0) is 10.7. The SMILES string of the molecule is CCCN1C(=O)C(CN)N(C)CC1C. The first-order valence-corrected chi connectivity index (χ1v) is 5.32. The molecule has 0 aliphatic carbocycles. The van der Waals surface area contributed by atoms with Gasteiger partial charge in [-0.25, -0.2) is 0 Å². The van der Waals surface area contributed by atoms with E-state index in [-0.39, 0.29) is 11.9 Å². The Labute approximate surface area is 86.0 Å². The van der Waals surface area contributed by atoms with Crippen molar-refractivity contribution in [1.82, 2.24) is 9.80 Å². The van der Waals surface area contributed by atoms with Gasteiger partial charge in [0.2, 0.25) is 5.91 Å². The molecular formula is C10H21N3O. The fourth-order valence-corrected chi connectivity index (χ4v) is 2.09. The van der Waals surface area contributed by atoms with Crippen molar-refractivity contribution >= 4 is 5.91 Å². The smallest absolute Gasteiger partial charge is 0.241 e. The summed E-state index contributed by atoms with van der Waals surface area (Å²) in [4.78, 5) is 16.0. The lowest BCUT2D eigenvalue weighted by atomic mass is 10.1. The van der Waals surface area contributed by atoms with E-state index in [2.05, 4.69) is 18.7 Å². The molecule has 2 atom stereocenters. The molecule has 1 rings (SSSR count). The van der Waals surface area contributed by atoms with Crippen LogP contribution in [-0.4, -0.2) is 54.5 Å². The third-order valence-electron chi connectivity index (χ3n) is 2.87. The summed E-state index contributed by atoms with van der Waals surface area (Å²) < 4.78 is 0. The highest BCUT2D eigenvalue weighted by Crippen LogP contribution is 2.14. The van der Waals surface area contributed by atoms with Crippen molar-refractivity contribution in [2.75, 3.05) is 26.7 Å². The van der Waals surface area contributed by atoms with E-state index in [1.54, 1.807) is 0 Å². The van der Waals surface area contributed by atoms with E-state index in [0.717, 1.165) is 19.5 Å². The van der Waals surface area contributed by atoms with Gasteiger partial charge < -0.3 is 10.6 Å². The number of nitrogens with zero attached hydrogens (tertiary/aromatic N) is 2. The lowest BCUT2D eigenvalue weighted by Gasteiger charge is -2.42. The van der Waals surface area contributed by atoms with Crippen molar-refractivity contribution in [2.24, 2.45) is 5.73 Å². The molecule has 0 aromatic rings. The van der Waals surface area contributed by atoms with Gasteiger partial charge in [-0.1, -0.05) is 6.92 Å². The summed E-state index contributed by atoms with van der Waals surface area (Å²) in [6, 6.07) is 0.202. The Hall–Kier alpha value is -0.610. The standard InChI is InChI=1S/C10H21N3O/c1-4-5-13-8(2)7-12(3)9(6-11)10(13)14/h8-9H,4-7,11H2,1-3H3. The zero-order valence-corrected chi connectivity index (χ0v) is 9.36. The Balaban J connectivity index is 2.72. The predicted octanol–water partition coefficient (Wildman–Crippen LogP) is -0.114. The van der Waals surface area contributed by atoms with Crippen LogP contribution in [0.15, 0.2) is 0 Å². The summed E-state index contributed by atoms with van der Waals surface area (Å²) in [6.07, 6.45) is 1.01. The highest BCUT2D eigenvalue weighted by atomic mass is 16.2. The lowest BCUT2D eigenvalue weighted by Crippen LogP contribution is -2.61. The molecule has 4 nitrogen and oxygen atoms in total. The minimum Gasteiger partial charge on any atom is -0.337 e. The van der Waals surface area contributed by atoms with Crippen LogP contribution >= 0.6 is 0 Å². The fourth-order valence-electron chi connectivity index (χ4n) is 2.09. The summed E-state index contributed by atoms with van der Waals surface area (Å²) in [5, 5.41) is 0. The Morgan fingerprint density at radius 1 is 1.57 bits per heavy atom. The van der Waals surface area contributed by atoms with Gasteiger partial charge in [0, 0.05) is 25.7 Å². The molecule has 82 valence electrons. The first-order valence-electron chi connectivity index (χ1n) is 5.32. The van der Waals surface area contributed by atoms with Crippen molar-refractivity contribution in [3.8, 4) is 0 Å². The number of nitrogens with two attached hydrogens (primary N) is 1. The molecule has 1 heterocycles. The quantitative estimate of drug-likeness (QED) is 0.690.